The summed E-state index contributed by atoms with van der Waals surface area (Å²) in [6.45, 7) is 5.30. The fraction of sp³-hybridized carbons (Fsp3) is 0.600. The Labute approximate surface area is 95.3 Å². The lowest BCUT2D eigenvalue weighted by Gasteiger charge is -2.07. The van der Waals surface area contributed by atoms with E-state index in [-0.39, 0.29) is 5.95 Å². The lowest BCUT2D eigenvalue weighted by molar-refractivity contribution is 0.566. The van der Waals surface area contributed by atoms with Crippen LogP contribution in [-0.2, 0) is 0 Å². The topological polar surface area (TPSA) is 63.8 Å². The SMILES string of the molecule is CC(C)CCCNc1cc(Cl)nc(N)n1. The second-order valence-electron chi connectivity index (χ2n) is 3.90. The molecule has 1 heterocycles. The largest absolute Gasteiger partial charge is 0.370 e. The van der Waals surface area contributed by atoms with Gasteiger partial charge in [0.25, 0.3) is 0 Å². The highest BCUT2D eigenvalue weighted by Crippen LogP contribution is 2.12. The number of nitrogens with zero attached hydrogens (tertiary/aromatic N) is 2. The van der Waals surface area contributed by atoms with Crippen molar-refractivity contribution in [3.8, 4) is 0 Å². The molecular formula is C10H17ClN4. The van der Waals surface area contributed by atoms with Gasteiger partial charge >= 0.3 is 0 Å². The number of rotatable bonds is 5. The maximum Gasteiger partial charge on any atom is 0.223 e. The molecule has 1 aromatic rings. The first-order chi connectivity index (χ1) is 7.08. The van der Waals surface area contributed by atoms with Crippen molar-refractivity contribution < 1.29 is 0 Å². The van der Waals surface area contributed by atoms with E-state index in [2.05, 4.69) is 29.1 Å². The normalized spacial score (nSPS) is 10.7. The molecule has 5 heteroatoms. The van der Waals surface area contributed by atoms with Crippen molar-refractivity contribution in [2.24, 2.45) is 5.92 Å². The fourth-order valence-electron chi connectivity index (χ4n) is 1.25. The predicted molar refractivity (Wildman–Crippen MR) is 64.0 cm³/mol. The van der Waals surface area contributed by atoms with Crippen LogP contribution >= 0.6 is 11.6 Å². The first-order valence-electron chi connectivity index (χ1n) is 5.12. The number of nitrogens with one attached hydrogen (secondary N) is 1. The Morgan fingerprint density at radius 3 is 2.80 bits per heavy atom. The summed E-state index contributed by atoms with van der Waals surface area (Å²) in [5.74, 6) is 1.62. The second-order valence-corrected chi connectivity index (χ2v) is 4.28. The molecular weight excluding hydrogens is 212 g/mol. The lowest BCUT2D eigenvalue weighted by atomic mass is 10.1. The highest BCUT2D eigenvalue weighted by molar-refractivity contribution is 6.29. The molecule has 1 rings (SSSR count). The number of anilines is 2. The molecule has 15 heavy (non-hydrogen) atoms. The monoisotopic (exact) mass is 228 g/mol. The van der Waals surface area contributed by atoms with Crippen molar-refractivity contribution in [1.29, 1.82) is 0 Å². The number of aromatic nitrogens is 2. The van der Waals surface area contributed by atoms with Gasteiger partial charge < -0.3 is 11.1 Å². The quantitative estimate of drug-likeness (QED) is 0.601. The number of hydrogen-bond donors (Lipinski definition) is 2. The van der Waals surface area contributed by atoms with Crippen LogP contribution in [-0.4, -0.2) is 16.5 Å². The van der Waals surface area contributed by atoms with Crippen LogP contribution in [0.1, 0.15) is 26.7 Å². The first-order valence-corrected chi connectivity index (χ1v) is 5.49. The van der Waals surface area contributed by atoms with Gasteiger partial charge in [-0.05, 0) is 18.8 Å². The van der Waals surface area contributed by atoms with Crippen LogP contribution in [0.3, 0.4) is 0 Å². The van der Waals surface area contributed by atoms with Gasteiger partial charge in [0.2, 0.25) is 5.95 Å². The minimum absolute atomic E-state index is 0.203. The van der Waals surface area contributed by atoms with E-state index in [0.29, 0.717) is 11.0 Å². The standard InChI is InChI=1S/C10H17ClN4/c1-7(2)4-3-5-13-9-6-8(11)14-10(12)15-9/h6-7H,3-5H2,1-2H3,(H3,12,13,14,15). The van der Waals surface area contributed by atoms with Crippen molar-refractivity contribution in [1.82, 2.24) is 9.97 Å². The summed E-state index contributed by atoms with van der Waals surface area (Å²) in [6.07, 6.45) is 2.31. The zero-order valence-electron chi connectivity index (χ0n) is 9.13. The highest BCUT2D eigenvalue weighted by Gasteiger charge is 2.00. The van der Waals surface area contributed by atoms with E-state index in [9.17, 15) is 0 Å². The third-order valence-corrected chi connectivity index (χ3v) is 2.17. The average molecular weight is 229 g/mol. The Hall–Kier alpha value is -1.03. The molecule has 0 amide bonds. The van der Waals surface area contributed by atoms with Crippen LogP contribution in [0.15, 0.2) is 6.07 Å². The highest BCUT2D eigenvalue weighted by atomic mass is 35.5. The predicted octanol–water partition coefficient (Wildman–Crippen LogP) is 2.56. The average Bonchev–Trinajstić information content (AvgIpc) is 2.10. The van der Waals surface area contributed by atoms with Crippen LogP contribution in [0.4, 0.5) is 11.8 Å². The first kappa shape index (κ1) is 12.0. The van der Waals surface area contributed by atoms with Gasteiger partial charge in [-0.2, -0.15) is 4.98 Å². The Balaban J connectivity index is 2.37. The van der Waals surface area contributed by atoms with E-state index in [1.807, 2.05) is 0 Å². The summed E-state index contributed by atoms with van der Waals surface area (Å²) >= 11 is 5.74. The van der Waals surface area contributed by atoms with Crippen molar-refractivity contribution >= 4 is 23.4 Å². The molecule has 0 spiro atoms. The molecule has 0 aliphatic carbocycles. The summed E-state index contributed by atoms with van der Waals surface area (Å²) in [5, 5.41) is 3.54. The zero-order chi connectivity index (χ0) is 11.3. The van der Waals surface area contributed by atoms with Gasteiger partial charge in [0.05, 0.1) is 0 Å². The molecule has 0 atom stereocenters. The van der Waals surface area contributed by atoms with Crippen molar-refractivity contribution in [3.05, 3.63) is 11.2 Å². The Bertz CT molecular complexity index is 294. The van der Waals surface area contributed by atoms with E-state index in [1.54, 1.807) is 6.07 Å². The Morgan fingerprint density at radius 1 is 1.47 bits per heavy atom. The van der Waals surface area contributed by atoms with Crippen LogP contribution < -0.4 is 11.1 Å². The third kappa shape index (κ3) is 4.83. The van der Waals surface area contributed by atoms with Gasteiger partial charge in [0, 0.05) is 12.6 Å². The van der Waals surface area contributed by atoms with Gasteiger partial charge in [-0.25, -0.2) is 4.98 Å². The van der Waals surface area contributed by atoms with Gasteiger partial charge in [-0.1, -0.05) is 25.4 Å². The summed E-state index contributed by atoms with van der Waals surface area (Å²) in [5.41, 5.74) is 5.47. The molecule has 0 radical (unpaired) electrons. The zero-order valence-corrected chi connectivity index (χ0v) is 9.88. The van der Waals surface area contributed by atoms with E-state index in [4.69, 9.17) is 17.3 Å². The lowest BCUT2D eigenvalue weighted by Crippen LogP contribution is -2.06. The molecule has 0 saturated carbocycles. The summed E-state index contributed by atoms with van der Waals surface area (Å²) in [7, 11) is 0. The maximum absolute atomic E-state index is 5.74. The number of hydrogen-bond acceptors (Lipinski definition) is 4. The Morgan fingerprint density at radius 2 is 2.20 bits per heavy atom. The maximum atomic E-state index is 5.74. The van der Waals surface area contributed by atoms with E-state index < -0.39 is 0 Å². The summed E-state index contributed by atoms with van der Waals surface area (Å²) in [4.78, 5) is 7.80. The molecule has 3 N–H and O–H groups in total. The van der Waals surface area contributed by atoms with Gasteiger partial charge in [-0.3, -0.25) is 0 Å². The minimum atomic E-state index is 0.203. The van der Waals surface area contributed by atoms with Crippen LogP contribution in [0.25, 0.3) is 0 Å². The van der Waals surface area contributed by atoms with Gasteiger partial charge in [0.1, 0.15) is 11.0 Å². The smallest absolute Gasteiger partial charge is 0.223 e. The molecule has 0 aliphatic heterocycles. The molecule has 1 aromatic heterocycles. The van der Waals surface area contributed by atoms with Crippen molar-refractivity contribution in [2.75, 3.05) is 17.6 Å². The molecule has 0 unspecified atom stereocenters. The number of halogens is 1. The summed E-state index contributed by atoms with van der Waals surface area (Å²) < 4.78 is 0. The molecule has 4 nitrogen and oxygen atoms in total. The molecule has 0 aromatic carbocycles. The van der Waals surface area contributed by atoms with E-state index in [0.717, 1.165) is 18.9 Å². The number of nitrogen functional groups attached to an aromatic ring is 1. The van der Waals surface area contributed by atoms with Crippen LogP contribution in [0.2, 0.25) is 5.15 Å². The van der Waals surface area contributed by atoms with E-state index >= 15 is 0 Å². The minimum Gasteiger partial charge on any atom is -0.370 e. The van der Waals surface area contributed by atoms with Gasteiger partial charge in [0.15, 0.2) is 0 Å². The second kappa shape index (κ2) is 5.75. The van der Waals surface area contributed by atoms with Crippen LogP contribution in [0, 0.1) is 5.92 Å². The molecule has 84 valence electrons. The molecule has 0 bridgehead atoms. The Kier molecular flexibility index (Phi) is 4.62. The number of nitrogens with two attached hydrogens (primary N) is 1. The van der Waals surface area contributed by atoms with Crippen molar-refractivity contribution in [2.45, 2.75) is 26.7 Å². The molecule has 0 saturated heterocycles. The van der Waals surface area contributed by atoms with Gasteiger partial charge in [-0.15, -0.1) is 0 Å². The summed E-state index contributed by atoms with van der Waals surface area (Å²) in [6, 6.07) is 1.67. The van der Waals surface area contributed by atoms with Crippen molar-refractivity contribution in [3.63, 3.8) is 0 Å². The molecule has 0 fully saturated rings. The van der Waals surface area contributed by atoms with Crippen LogP contribution in [0.5, 0.6) is 0 Å². The van der Waals surface area contributed by atoms with E-state index in [1.165, 1.54) is 6.42 Å². The fourth-order valence-corrected chi connectivity index (χ4v) is 1.44. The molecule has 0 aliphatic rings. The third-order valence-electron chi connectivity index (χ3n) is 1.98.